The molecule has 0 N–H and O–H groups in total. The molecule has 1 saturated heterocycles. The van der Waals surface area contributed by atoms with Crippen LogP contribution in [0, 0.1) is 18.3 Å². The minimum atomic E-state index is -0.467. The number of carbonyl (C=O) groups is 1. The van der Waals surface area contributed by atoms with E-state index in [0.717, 1.165) is 24.0 Å². The fourth-order valence-electron chi connectivity index (χ4n) is 4.73. The Morgan fingerprint density at radius 3 is 2.62 bits per heavy atom. The first kappa shape index (κ1) is 24.6. The van der Waals surface area contributed by atoms with Crippen LogP contribution in [0.5, 0.6) is 0 Å². The van der Waals surface area contributed by atoms with Crippen molar-refractivity contribution in [3.05, 3.63) is 86.8 Å². The number of nitrogens with zero attached hydrogens (tertiary/aromatic N) is 5. The van der Waals surface area contributed by atoms with Crippen LogP contribution >= 0.6 is 0 Å². The number of fused-ring (bicyclic) bond motifs is 2. The van der Waals surface area contributed by atoms with E-state index in [9.17, 15) is 14.9 Å². The Hall–Kier alpha value is -4.09. The van der Waals surface area contributed by atoms with Gasteiger partial charge in [0.2, 0.25) is 0 Å². The third-order valence-corrected chi connectivity index (χ3v) is 6.84. The maximum Gasteiger partial charge on any atom is 0.278 e. The number of aryl methyl sites for hydroxylation is 1. The molecule has 8 heteroatoms. The second-order valence-electron chi connectivity index (χ2n) is 10.5. The molecule has 1 fully saturated rings. The molecule has 1 aliphatic rings. The molecule has 0 aliphatic carbocycles. The average molecular weight is 496 g/mol. The first-order chi connectivity index (χ1) is 17.7. The fraction of sp³-hybridized carbons (Fsp3) is 0.345. The van der Waals surface area contributed by atoms with Crippen LogP contribution in [0.1, 0.15) is 60.7 Å². The Morgan fingerprint density at radius 1 is 1.22 bits per heavy atom. The summed E-state index contributed by atoms with van der Waals surface area (Å²) in [5, 5.41) is 10.3. The van der Waals surface area contributed by atoms with Gasteiger partial charge in [-0.3, -0.25) is 14.0 Å². The largest absolute Gasteiger partial charge is 0.376 e. The zero-order chi connectivity index (χ0) is 26.3. The van der Waals surface area contributed by atoms with Crippen molar-refractivity contribution in [3.63, 3.8) is 0 Å². The standard InChI is InChI=1S/C29H29N5O3/c1-18-7-5-13-33-24(18)31-26-23(28(33)36)15-20(16-30)25(34(26)17-22-8-6-14-37-22)32-27(35)19-9-11-21(12-10-19)29(2,3)4/h5,7,9-13,15,22H,6,8,14,17H2,1-4H3/t22-/m1/s1. The summed E-state index contributed by atoms with van der Waals surface area (Å²) in [6, 6.07) is 14.7. The summed E-state index contributed by atoms with van der Waals surface area (Å²) in [6.07, 6.45) is 3.29. The van der Waals surface area contributed by atoms with Gasteiger partial charge in [0.25, 0.3) is 11.5 Å². The summed E-state index contributed by atoms with van der Waals surface area (Å²) in [4.78, 5) is 36.0. The van der Waals surface area contributed by atoms with Crippen LogP contribution in [0.2, 0.25) is 0 Å². The number of ether oxygens (including phenoxy) is 1. The molecular weight excluding hydrogens is 466 g/mol. The molecule has 8 nitrogen and oxygen atoms in total. The van der Waals surface area contributed by atoms with Crippen LogP contribution in [0.3, 0.4) is 0 Å². The number of benzene rings is 1. The summed E-state index contributed by atoms with van der Waals surface area (Å²) >= 11 is 0. The Kier molecular flexibility index (Phi) is 6.26. The first-order valence-corrected chi connectivity index (χ1v) is 12.4. The van der Waals surface area contributed by atoms with Gasteiger partial charge in [0.15, 0.2) is 5.49 Å². The Balaban J connectivity index is 1.77. The van der Waals surface area contributed by atoms with E-state index in [1.807, 2.05) is 25.1 Å². The average Bonchev–Trinajstić information content (AvgIpc) is 3.39. The van der Waals surface area contributed by atoms with Gasteiger partial charge in [-0.1, -0.05) is 39.0 Å². The summed E-state index contributed by atoms with van der Waals surface area (Å²) < 4.78 is 9.06. The fourth-order valence-corrected chi connectivity index (χ4v) is 4.73. The number of carbonyl (C=O) groups excluding carboxylic acids is 1. The molecule has 0 bridgehead atoms. The summed E-state index contributed by atoms with van der Waals surface area (Å²) in [6.45, 7) is 9.18. The van der Waals surface area contributed by atoms with Gasteiger partial charge in [0, 0.05) is 18.4 Å². The first-order valence-electron chi connectivity index (χ1n) is 12.4. The van der Waals surface area contributed by atoms with Crippen molar-refractivity contribution < 1.29 is 9.53 Å². The summed E-state index contributed by atoms with van der Waals surface area (Å²) in [7, 11) is 0. The molecule has 0 radical (unpaired) electrons. The predicted octanol–water partition coefficient (Wildman–Crippen LogP) is 4.05. The van der Waals surface area contributed by atoms with Gasteiger partial charge in [-0.2, -0.15) is 10.3 Å². The van der Waals surface area contributed by atoms with Crippen molar-refractivity contribution >= 4 is 22.6 Å². The lowest BCUT2D eigenvalue weighted by Gasteiger charge is -2.19. The molecule has 1 atom stereocenters. The van der Waals surface area contributed by atoms with Crippen molar-refractivity contribution in [1.82, 2.24) is 14.0 Å². The smallest absolute Gasteiger partial charge is 0.278 e. The molecule has 1 aliphatic heterocycles. The van der Waals surface area contributed by atoms with Gasteiger partial charge in [-0.05, 0) is 60.6 Å². The molecule has 4 heterocycles. The third-order valence-electron chi connectivity index (χ3n) is 6.84. The molecule has 0 saturated carbocycles. The van der Waals surface area contributed by atoms with Gasteiger partial charge in [0.1, 0.15) is 17.4 Å². The monoisotopic (exact) mass is 495 g/mol. The van der Waals surface area contributed by atoms with Crippen molar-refractivity contribution in [1.29, 1.82) is 5.26 Å². The number of pyridine rings is 2. The zero-order valence-electron chi connectivity index (χ0n) is 21.5. The highest BCUT2D eigenvalue weighted by Gasteiger charge is 2.22. The lowest BCUT2D eigenvalue weighted by atomic mass is 9.87. The van der Waals surface area contributed by atoms with E-state index < -0.39 is 5.91 Å². The molecular formula is C29H29N5O3. The van der Waals surface area contributed by atoms with E-state index >= 15 is 0 Å². The molecule has 3 aromatic heterocycles. The number of nitriles is 1. The maximum absolute atomic E-state index is 13.4. The van der Waals surface area contributed by atoms with E-state index in [2.05, 4.69) is 31.8 Å². The number of aromatic nitrogens is 3. The Morgan fingerprint density at radius 2 is 1.97 bits per heavy atom. The highest BCUT2D eigenvalue weighted by molar-refractivity contribution is 5.95. The predicted molar refractivity (Wildman–Crippen MR) is 140 cm³/mol. The molecule has 5 rings (SSSR count). The zero-order valence-corrected chi connectivity index (χ0v) is 21.5. The second kappa shape index (κ2) is 9.41. The number of hydrogen-bond acceptors (Lipinski definition) is 5. The van der Waals surface area contributed by atoms with E-state index in [-0.39, 0.29) is 28.1 Å². The lowest BCUT2D eigenvalue weighted by Crippen LogP contribution is -2.33. The van der Waals surface area contributed by atoms with Crippen molar-refractivity contribution in [2.45, 2.75) is 58.6 Å². The van der Waals surface area contributed by atoms with Crippen molar-refractivity contribution in [3.8, 4) is 6.07 Å². The van der Waals surface area contributed by atoms with Crippen LogP contribution in [-0.2, 0) is 16.7 Å². The van der Waals surface area contributed by atoms with Crippen LogP contribution < -0.4 is 11.0 Å². The highest BCUT2D eigenvalue weighted by atomic mass is 16.5. The minimum absolute atomic E-state index is 0.0457. The molecule has 0 unspecified atom stereocenters. The topological polar surface area (TPSA) is 102 Å². The van der Waals surface area contributed by atoms with E-state index in [1.165, 1.54) is 10.5 Å². The van der Waals surface area contributed by atoms with Crippen molar-refractivity contribution in [2.75, 3.05) is 6.61 Å². The summed E-state index contributed by atoms with van der Waals surface area (Å²) in [5.41, 5.74) is 3.24. The van der Waals surface area contributed by atoms with Gasteiger partial charge >= 0.3 is 0 Å². The maximum atomic E-state index is 13.4. The quantitative estimate of drug-likeness (QED) is 0.399. The van der Waals surface area contributed by atoms with E-state index in [0.29, 0.717) is 35.4 Å². The van der Waals surface area contributed by atoms with E-state index in [1.54, 1.807) is 29.0 Å². The summed E-state index contributed by atoms with van der Waals surface area (Å²) in [5.74, 6) is -0.467. The van der Waals surface area contributed by atoms with Crippen molar-refractivity contribution in [2.24, 2.45) is 4.99 Å². The molecule has 1 aromatic carbocycles. The SMILES string of the molecule is Cc1cccn2c(=O)c3cc(C#N)c(=NC(=O)c4ccc(C(C)(C)C)cc4)n(C[C@H]4CCCO4)c3nc12. The van der Waals surface area contributed by atoms with Gasteiger partial charge in [0.05, 0.1) is 23.6 Å². The van der Waals surface area contributed by atoms with Crippen LogP contribution in [0.15, 0.2) is 58.4 Å². The highest BCUT2D eigenvalue weighted by Crippen LogP contribution is 2.22. The second-order valence-corrected chi connectivity index (χ2v) is 10.5. The molecule has 37 heavy (non-hydrogen) atoms. The van der Waals surface area contributed by atoms with Crippen LogP contribution in [-0.4, -0.2) is 32.6 Å². The number of hydrogen-bond donors (Lipinski definition) is 0. The van der Waals surface area contributed by atoms with E-state index in [4.69, 9.17) is 9.72 Å². The molecule has 0 spiro atoms. The number of rotatable bonds is 3. The van der Waals surface area contributed by atoms with Crippen LogP contribution in [0.4, 0.5) is 0 Å². The third kappa shape index (κ3) is 4.58. The van der Waals surface area contributed by atoms with Gasteiger partial charge in [-0.15, -0.1) is 0 Å². The Labute approximate surface area is 214 Å². The number of amides is 1. The van der Waals surface area contributed by atoms with Gasteiger partial charge < -0.3 is 9.30 Å². The van der Waals surface area contributed by atoms with Gasteiger partial charge in [-0.25, -0.2) is 4.98 Å². The Bertz CT molecular complexity index is 1690. The normalized spacial score (nSPS) is 16.4. The van der Waals surface area contributed by atoms with Crippen LogP contribution in [0.25, 0.3) is 16.7 Å². The minimum Gasteiger partial charge on any atom is -0.376 e. The molecule has 188 valence electrons. The molecule has 4 aromatic rings. The molecule has 1 amide bonds. The lowest BCUT2D eigenvalue weighted by molar-refractivity contribution is 0.0952.